The standard InChI is InChI=1S/C24H41N5O2.HI/c1-4-25-23(27-18-24(8-16-30)9-17-31-19-24)26-10-11-28-12-14-29(15-13-28)22-7-5-6-20(2)21(22)3;/h5-7,30H,4,8-19H2,1-3H3,(H2,25,26,27);1H. The number of benzene rings is 1. The number of aliphatic hydroxyl groups excluding tert-OH is 1. The van der Waals surface area contributed by atoms with E-state index in [1.165, 1.54) is 16.8 Å². The largest absolute Gasteiger partial charge is 0.396 e. The monoisotopic (exact) mass is 559 g/mol. The van der Waals surface area contributed by atoms with Gasteiger partial charge in [0.2, 0.25) is 0 Å². The molecule has 1 unspecified atom stereocenters. The first-order chi connectivity index (χ1) is 15.1. The molecule has 2 aliphatic heterocycles. The first-order valence-corrected chi connectivity index (χ1v) is 11.8. The van der Waals surface area contributed by atoms with Gasteiger partial charge < -0.3 is 25.4 Å². The average Bonchev–Trinajstić information content (AvgIpc) is 3.24. The molecule has 2 fully saturated rings. The Morgan fingerprint density at radius 3 is 2.62 bits per heavy atom. The summed E-state index contributed by atoms with van der Waals surface area (Å²) in [6.07, 6.45) is 1.72. The molecule has 3 rings (SSSR count). The third-order valence-corrected chi connectivity index (χ3v) is 6.75. The van der Waals surface area contributed by atoms with E-state index in [0.29, 0.717) is 13.2 Å². The van der Waals surface area contributed by atoms with Gasteiger partial charge in [0.1, 0.15) is 0 Å². The number of anilines is 1. The van der Waals surface area contributed by atoms with E-state index in [2.05, 4.69) is 59.4 Å². The zero-order valence-corrected chi connectivity index (χ0v) is 22.4. The molecule has 1 aromatic rings. The molecule has 2 saturated heterocycles. The highest BCUT2D eigenvalue weighted by atomic mass is 127. The average molecular weight is 560 g/mol. The Hall–Kier alpha value is -1.10. The lowest BCUT2D eigenvalue weighted by Gasteiger charge is -2.37. The number of halogens is 1. The van der Waals surface area contributed by atoms with Crippen molar-refractivity contribution in [2.45, 2.75) is 33.6 Å². The van der Waals surface area contributed by atoms with Gasteiger partial charge in [0.25, 0.3) is 0 Å². The number of ether oxygens (including phenoxy) is 1. The van der Waals surface area contributed by atoms with Gasteiger partial charge in [0.15, 0.2) is 5.96 Å². The lowest BCUT2D eigenvalue weighted by atomic mass is 9.84. The van der Waals surface area contributed by atoms with Gasteiger partial charge in [-0.1, -0.05) is 12.1 Å². The maximum absolute atomic E-state index is 9.42. The van der Waals surface area contributed by atoms with E-state index in [9.17, 15) is 5.11 Å². The number of aliphatic hydroxyl groups is 1. The van der Waals surface area contributed by atoms with Crippen molar-refractivity contribution >= 4 is 35.6 Å². The Kier molecular flexibility index (Phi) is 11.5. The van der Waals surface area contributed by atoms with Crippen LogP contribution in [0.15, 0.2) is 23.2 Å². The van der Waals surface area contributed by atoms with Crippen LogP contribution in [-0.2, 0) is 4.74 Å². The van der Waals surface area contributed by atoms with Crippen LogP contribution in [0.2, 0.25) is 0 Å². The number of aliphatic imine (C=N–C) groups is 1. The summed E-state index contributed by atoms with van der Waals surface area (Å²) in [5.74, 6) is 0.862. The van der Waals surface area contributed by atoms with Crippen molar-refractivity contribution in [1.82, 2.24) is 15.5 Å². The molecule has 8 heteroatoms. The van der Waals surface area contributed by atoms with E-state index in [-0.39, 0.29) is 36.0 Å². The van der Waals surface area contributed by atoms with Gasteiger partial charge in [-0.05, 0) is 50.8 Å². The summed E-state index contributed by atoms with van der Waals surface area (Å²) < 4.78 is 5.59. The normalized spacial score (nSPS) is 22.0. The predicted octanol–water partition coefficient (Wildman–Crippen LogP) is 2.39. The van der Waals surface area contributed by atoms with Gasteiger partial charge in [0, 0.05) is 70.1 Å². The first-order valence-electron chi connectivity index (χ1n) is 11.8. The van der Waals surface area contributed by atoms with E-state index >= 15 is 0 Å². The van der Waals surface area contributed by atoms with Gasteiger partial charge >= 0.3 is 0 Å². The Morgan fingerprint density at radius 2 is 1.97 bits per heavy atom. The van der Waals surface area contributed by atoms with Crippen LogP contribution < -0.4 is 15.5 Å². The smallest absolute Gasteiger partial charge is 0.191 e. The van der Waals surface area contributed by atoms with Crippen molar-refractivity contribution in [1.29, 1.82) is 0 Å². The van der Waals surface area contributed by atoms with Crippen LogP contribution in [-0.4, -0.2) is 88.1 Å². The van der Waals surface area contributed by atoms with Crippen molar-refractivity contribution in [3.63, 3.8) is 0 Å². The highest BCUT2D eigenvalue weighted by molar-refractivity contribution is 14.0. The highest BCUT2D eigenvalue weighted by Gasteiger charge is 2.34. The molecule has 0 amide bonds. The number of aryl methyl sites for hydroxylation is 1. The molecule has 0 radical (unpaired) electrons. The molecule has 3 N–H and O–H groups in total. The minimum absolute atomic E-state index is 0. The summed E-state index contributed by atoms with van der Waals surface area (Å²) in [5, 5.41) is 16.3. The third-order valence-electron chi connectivity index (χ3n) is 6.75. The number of hydrogen-bond acceptors (Lipinski definition) is 5. The van der Waals surface area contributed by atoms with Crippen LogP contribution in [0.1, 0.15) is 30.9 Å². The zero-order valence-electron chi connectivity index (χ0n) is 20.0. The molecule has 0 bridgehead atoms. The topological polar surface area (TPSA) is 72.4 Å². The Balaban J connectivity index is 0.00000363. The molecular formula is C24H42IN5O2. The Labute approximate surface area is 211 Å². The predicted molar refractivity (Wildman–Crippen MR) is 144 cm³/mol. The second kappa shape index (κ2) is 13.6. The van der Waals surface area contributed by atoms with Gasteiger partial charge in [-0.15, -0.1) is 24.0 Å². The second-order valence-corrected chi connectivity index (χ2v) is 8.95. The van der Waals surface area contributed by atoms with Crippen molar-refractivity contribution in [3.05, 3.63) is 29.3 Å². The van der Waals surface area contributed by atoms with Crippen molar-refractivity contribution in [2.24, 2.45) is 10.4 Å². The molecule has 2 heterocycles. The van der Waals surface area contributed by atoms with Gasteiger partial charge in [-0.2, -0.15) is 0 Å². The maximum atomic E-state index is 9.42. The van der Waals surface area contributed by atoms with Gasteiger partial charge in [0.05, 0.1) is 13.2 Å². The maximum Gasteiger partial charge on any atom is 0.191 e. The number of hydrogen-bond donors (Lipinski definition) is 3. The molecule has 2 aliphatic rings. The SMILES string of the molecule is CCNC(=NCC1(CCO)CCOC1)NCCN1CCN(c2cccc(C)c2C)CC1.I. The number of rotatable bonds is 9. The highest BCUT2D eigenvalue weighted by Crippen LogP contribution is 2.32. The molecule has 1 atom stereocenters. The Morgan fingerprint density at radius 1 is 1.19 bits per heavy atom. The van der Waals surface area contributed by atoms with Crippen LogP contribution in [0.3, 0.4) is 0 Å². The zero-order chi connectivity index (χ0) is 22.1. The second-order valence-electron chi connectivity index (χ2n) is 8.95. The summed E-state index contributed by atoms with van der Waals surface area (Å²) in [6, 6.07) is 6.60. The van der Waals surface area contributed by atoms with E-state index in [1.54, 1.807) is 0 Å². The fourth-order valence-corrected chi connectivity index (χ4v) is 4.50. The Bertz CT molecular complexity index is 716. The van der Waals surface area contributed by atoms with E-state index in [4.69, 9.17) is 9.73 Å². The molecular weight excluding hydrogens is 517 g/mol. The minimum Gasteiger partial charge on any atom is -0.396 e. The van der Waals surface area contributed by atoms with E-state index in [0.717, 1.165) is 71.2 Å². The van der Waals surface area contributed by atoms with Crippen molar-refractivity contribution < 1.29 is 9.84 Å². The third kappa shape index (κ3) is 7.46. The van der Waals surface area contributed by atoms with Crippen molar-refractivity contribution in [2.75, 3.05) is 77.1 Å². The molecule has 0 saturated carbocycles. The fraction of sp³-hybridized carbons (Fsp3) is 0.708. The number of guanidine groups is 1. The fourth-order valence-electron chi connectivity index (χ4n) is 4.50. The summed E-state index contributed by atoms with van der Waals surface area (Å²) in [6.45, 7) is 15.9. The minimum atomic E-state index is -0.0125. The molecule has 0 aliphatic carbocycles. The molecule has 0 spiro atoms. The lowest BCUT2D eigenvalue weighted by molar-refractivity contribution is 0.131. The van der Waals surface area contributed by atoms with Crippen LogP contribution in [0, 0.1) is 19.3 Å². The summed E-state index contributed by atoms with van der Waals surface area (Å²) in [4.78, 5) is 9.86. The van der Waals surface area contributed by atoms with Crippen LogP contribution in [0.25, 0.3) is 0 Å². The van der Waals surface area contributed by atoms with Crippen LogP contribution in [0.4, 0.5) is 5.69 Å². The molecule has 7 nitrogen and oxygen atoms in total. The lowest BCUT2D eigenvalue weighted by Crippen LogP contribution is -2.49. The first kappa shape index (κ1) is 27.1. The van der Waals surface area contributed by atoms with Gasteiger partial charge in [-0.25, -0.2) is 0 Å². The summed E-state index contributed by atoms with van der Waals surface area (Å²) >= 11 is 0. The molecule has 0 aromatic heterocycles. The molecule has 1 aromatic carbocycles. The summed E-state index contributed by atoms with van der Waals surface area (Å²) in [7, 11) is 0. The number of piperazine rings is 1. The number of nitrogens with one attached hydrogen (secondary N) is 2. The van der Waals surface area contributed by atoms with E-state index < -0.39 is 0 Å². The molecule has 32 heavy (non-hydrogen) atoms. The molecule has 182 valence electrons. The van der Waals surface area contributed by atoms with E-state index in [1.807, 2.05) is 0 Å². The van der Waals surface area contributed by atoms with Gasteiger partial charge in [-0.3, -0.25) is 9.89 Å². The number of nitrogens with zero attached hydrogens (tertiary/aromatic N) is 3. The summed E-state index contributed by atoms with van der Waals surface area (Å²) in [5.41, 5.74) is 4.13. The quantitative estimate of drug-likeness (QED) is 0.245. The van der Waals surface area contributed by atoms with Crippen LogP contribution >= 0.6 is 24.0 Å². The van der Waals surface area contributed by atoms with Crippen LogP contribution in [0.5, 0.6) is 0 Å². The van der Waals surface area contributed by atoms with Crippen molar-refractivity contribution in [3.8, 4) is 0 Å².